The summed E-state index contributed by atoms with van der Waals surface area (Å²) in [5.41, 5.74) is 7.16. The first-order valence-corrected chi connectivity index (χ1v) is 12.7. The molecule has 0 unspecified atom stereocenters. The maximum absolute atomic E-state index is 13.8. The van der Waals surface area contributed by atoms with Crippen LogP contribution in [0, 0.1) is 19.7 Å². The minimum Gasteiger partial charge on any atom is -0.494 e. The number of methoxy groups -OCH3 is 1. The number of likely N-dealkylation sites (N-methyl/N-ethyl adjacent to an activating group) is 1. The van der Waals surface area contributed by atoms with Gasteiger partial charge in [0, 0.05) is 37.8 Å². The van der Waals surface area contributed by atoms with Gasteiger partial charge in [0.25, 0.3) is 0 Å². The van der Waals surface area contributed by atoms with Crippen LogP contribution in [0.1, 0.15) is 60.4 Å². The van der Waals surface area contributed by atoms with E-state index < -0.39 is 0 Å². The van der Waals surface area contributed by atoms with Crippen LogP contribution in [-0.2, 0) is 13.1 Å². The summed E-state index contributed by atoms with van der Waals surface area (Å²) in [6, 6.07) is 9.74. The quantitative estimate of drug-likeness (QED) is 0.563. The van der Waals surface area contributed by atoms with E-state index in [2.05, 4.69) is 55.7 Å². The Morgan fingerprint density at radius 3 is 2.57 bits per heavy atom. The zero-order chi connectivity index (χ0) is 24.9. The van der Waals surface area contributed by atoms with Gasteiger partial charge in [0.05, 0.1) is 19.2 Å². The molecule has 1 spiro atoms. The second kappa shape index (κ2) is 8.98. The maximum atomic E-state index is 13.8. The minimum absolute atomic E-state index is 0.134. The summed E-state index contributed by atoms with van der Waals surface area (Å²) in [6.45, 7) is 12.5. The van der Waals surface area contributed by atoms with Gasteiger partial charge < -0.3 is 9.64 Å². The highest BCUT2D eigenvalue weighted by Gasteiger charge is 2.54. The summed E-state index contributed by atoms with van der Waals surface area (Å²) >= 11 is 0. The van der Waals surface area contributed by atoms with Gasteiger partial charge in [-0.1, -0.05) is 36.8 Å². The fourth-order valence-corrected chi connectivity index (χ4v) is 6.66. The van der Waals surface area contributed by atoms with Gasteiger partial charge >= 0.3 is 6.03 Å². The Kier molecular flexibility index (Phi) is 6.12. The number of fused-ring (bicyclic) bond motifs is 3. The minimum atomic E-state index is -0.335. The third kappa shape index (κ3) is 3.92. The van der Waals surface area contributed by atoms with Crippen molar-refractivity contribution in [1.29, 1.82) is 0 Å². The molecule has 0 aliphatic carbocycles. The molecule has 0 saturated carbocycles. The van der Waals surface area contributed by atoms with E-state index in [1.165, 1.54) is 41.1 Å². The molecule has 2 fully saturated rings. The number of rotatable bonds is 4. The molecule has 2 aromatic carbocycles. The summed E-state index contributed by atoms with van der Waals surface area (Å²) < 4.78 is 19.0. The highest BCUT2D eigenvalue weighted by molar-refractivity contribution is 5.83. The predicted molar refractivity (Wildman–Crippen MR) is 136 cm³/mol. The van der Waals surface area contributed by atoms with Crippen molar-refractivity contribution in [1.82, 2.24) is 14.7 Å². The van der Waals surface area contributed by atoms with Crippen LogP contribution in [0.5, 0.6) is 5.75 Å². The molecule has 2 aromatic rings. The molecule has 6 heteroatoms. The molecular formula is C29H36FN3O2. The van der Waals surface area contributed by atoms with Crippen molar-refractivity contribution in [2.45, 2.75) is 65.1 Å². The molecular weight excluding hydrogens is 441 g/mol. The van der Waals surface area contributed by atoms with Gasteiger partial charge in [-0.15, -0.1) is 0 Å². The fraction of sp³-hybridized carbons (Fsp3) is 0.483. The molecule has 2 amide bonds. The zero-order valence-electron chi connectivity index (χ0n) is 21.5. The van der Waals surface area contributed by atoms with Crippen molar-refractivity contribution in [3.63, 3.8) is 0 Å². The van der Waals surface area contributed by atoms with E-state index in [9.17, 15) is 9.18 Å². The van der Waals surface area contributed by atoms with Crippen LogP contribution in [0.4, 0.5) is 9.18 Å². The standard InChI is InChI=1S/C29H36FN3O2/c1-6-33-28(34)32-18-23-14-19(2)13-20(3)27(23)21(4)15-26(32)29(33)9-11-31(12-10-29)17-22-7-8-24(30)25(16-22)35-5/h7-8,13-16,21H,6,9-12,17-18H2,1-5H3/t21-/m0/s1. The molecule has 3 heterocycles. The Hall–Kier alpha value is -2.86. The molecule has 186 valence electrons. The average Bonchev–Trinajstić information content (AvgIpc) is 2.93. The molecule has 5 rings (SSSR count). The third-order valence-corrected chi connectivity index (χ3v) is 8.18. The van der Waals surface area contributed by atoms with E-state index in [1.807, 2.05) is 11.0 Å². The summed E-state index contributed by atoms with van der Waals surface area (Å²) in [5, 5.41) is 0. The lowest BCUT2D eigenvalue weighted by atomic mass is 9.81. The number of hydrogen-bond acceptors (Lipinski definition) is 3. The van der Waals surface area contributed by atoms with Gasteiger partial charge in [0.1, 0.15) is 0 Å². The number of hydrogen-bond donors (Lipinski definition) is 0. The number of amides is 2. The predicted octanol–water partition coefficient (Wildman–Crippen LogP) is 5.74. The van der Waals surface area contributed by atoms with Crippen molar-refractivity contribution in [3.8, 4) is 5.75 Å². The summed E-state index contributed by atoms with van der Waals surface area (Å²) in [6.07, 6.45) is 4.16. The highest BCUT2D eigenvalue weighted by Crippen LogP contribution is 2.47. The van der Waals surface area contributed by atoms with Gasteiger partial charge in [-0.3, -0.25) is 9.80 Å². The van der Waals surface area contributed by atoms with Crippen molar-refractivity contribution >= 4 is 6.03 Å². The van der Waals surface area contributed by atoms with Crippen molar-refractivity contribution < 1.29 is 13.9 Å². The zero-order valence-corrected chi connectivity index (χ0v) is 21.5. The van der Waals surface area contributed by atoms with Crippen LogP contribution in [0.15, 0.2) is 42.1 Å². The number of nitrogens with zero attached hydrogens (tertiary/aromatic N) is 3. The van der Waals surface area contributed by atoms with Gasteiger partial charge in [0.2, 0.25) is 0 Å². The first-order chi connectivity index (χ1) is 16.8. The van der Waals surface area contributed by atoms with E-state index in [1.54, 1.807) is 6.07 Å². The lowest BCUT2D eigenvalue weighted by molar-refractivity contribution is 0.0887. The Labute approximate surface area is 208 Å². The molecule has 1 atom stereocenters. The van der Waals surface area contributed by atoms with Crippen molar-refractivity contribution in [2.75, 3.05) is 26.7 Å². The monoisotopic (exact) mass is 477 g/mol. The topological polar surface area (TPSA) is 36.0 Å². The first kappa shape index (κ1) is 23.9. The SMILES string of the molecule is CCN1C(=O)N2Cc3cc(C)cc(C)c3[C@@H](C)C=C2C12CCN(Cc1ccc(F)c(OC)c1)CC2. The second-order valence-corrected chi connectivity index (χ2v) is 10.4. The van der Waals surface area contributed by atoms with E-state index in [0.717, 1.165) is 38.0 Å². The van der Waals surface area contributed by atoms with E-state index in [-0.39, 0.29) is 29.1 Å². The molecule has 0 bridgehead atoms. The van der Waals surface area contributed by atoms with Crippen LogP contribution in [-0.4, -0.2) is 53.0 Å². The molecule has 2 saturated heterocycles. The first-order valence-electron chi connectivity index (χ1n) is 12.7. The number of piperidine rings is 1. The molecule has 3 aliphatic rings. The molecule has 35 heavy (non-hydrogen) atoms. The number of likely N-dealkylation sites (tertiary alicyclic amines) is 1. The Morgan fingerprint density at radius 2 is 1.89 bits per heavy atom. The van der Waals surface area contributed by atoms with Gasteiger partial charge in [-0.25, -0.2) is 9.18 Å². The molecule has 0 radical (unpaired) electrons. The highest BCUT2D eigenvalue weighted by atomic mass is 19.1. The van der Waals surface area contributed by atoms with E-state index >= 15 is 0 Å². The largest absolute Gasteiger partial charge is 0.494 e. The number of carbonyl (C=O) groups is 1. The average molecular weight is 478 g/mol. The number of urea groups is 1. The number of benzene rings is 2. The molecule has 0 N–H and O–H groups in total. The summed E-state index contributed by atoms with van der Waals surface area (Å²) in [5.74, 6) is 0.211. The third-order valence-electron chi connectivity index (χ3n) is 8.18. The van der Waals surface area contributed by atoms with Crippen molar-refractivity contribution in [3.05, 3.63) is 75.7 Å². The second-order valence-electron chi connectivity index (χ2n) is 10.4. The Bertz CT molecular complexity index is 1180. The Morgan fingerprint density at radius 1 is 1.14 bits per heavy atom. The molecule has 0 aromatic heterocycles. The fourth-order valence-electron chi connectivity index (χ4n) is 6.66. The normalized spacial score (nSPS) is 21.6. The molecule has 5 nitrogen and oxygen atoms in total. The summed E-state index contributed by atoms with van der Waals surface area (Å²) in [4.78, 5) is 20.3. The van der Waals surface area contributed by atoms with Gasteiger partial charge in [0.15, 0.2) is 11.6 Å². The number of aryl methyl sites for hydroxylation is 2. The summed E-state index contributed by atoms with van der Waals surface area (Å²) in [7, 11) is 1.50. The Balaban J connectivity index is 1.42. The van der Waals surface area contributed by atoms with E-state index in [0.29, 0.717) is 13.1 Å². The number of allylic oxidation sites excluding steroid dienone is 1. The van der Waals surface area contributed by atoms with Gasteiger partial charge in [-0.05, 0) is 68.0 Å². The lowest BCUT2D eigenvalue weighted by Gasteiger charge is -2.44. The number of carbonyl (C=O) groups excluding carboxylic acids is 1. The molecule has 3 aliphatic heterocycles. The van der Waals surface area contributed by atoms with E-state index in [4.69, 9.17) is 4.74 Å². The van der Waals surface area contributed by atoms with Crippen LogP contribution in [0.2, 0.25) is 0 Å². The van der Waals surface area contributed by atoms with Crippen LogP contribution in [0.25, 0.3) is 0 Å². The van der Waals surface area contributed by atoms with Crippen LogP contribution in [0.3, 0.4) is 0 Å². The number of halogens is 1. The van der Waals surface area contributed by atoms with Crippen molar-refractivity contribution in [2.24, 2.45) is 0 Å². The smallest absolute Gasteiger partial charge is 0.325 e. The maximum Gasteiger partial charge on any atom is 0.325 e. The van der Waals surface area contributed by atoms with Crippen LogP contribution >= 0.6 is 0 Å². The van der Waals surface area contributed by atoms with Gasteiger partial charge in [-0.2, -0.15) is 0 Å². The van der Waals surface area contributed by atoms with Crippen LogP contribution < -0.4 is 4.74 Å². The number of ether oxygens (including phenoxy) is 1. The lowest BCUT2D eigenvalue weighted by Crippen LogP contribution is -2.53.